The van der Waals surface area contributed by atoms with Gasteiger partial charge in [-0.25, -0.2) is 9.18 Å². The number of nitrogens with one attached hydrogen (secondary N) is 2. The lowest BCUT2D eigenvalue weighted by Gasteiger charge is -2.40. The number of hydrogen-bond acceptors (Lipinski definition) is 4. The monoisotopic (exact) mass is 525 g/mol. The molecule has 3 heterocycles. The summed E-state index contributed by atoms with van der Waals surface area (Å²) in [5.74, 6) is -0.507. The molecule has 2 unspecified atom stereocenters. The molecule has 2 bridgehead atoms. The van der Waals surface area contributed by atoms with Gasteiger partial charge in [-0.15, -0.1) is 0 Å². The van der Waals surface area contributed by atoms with Crippen LogP contribution in [0.15, 0.2) is 48.5 Å². The van der Waals surface area contributed by atoms with E-state index in [1.165, 1.54) is 17.0 Å². The Morgan fingerprint density at radius 1 is 1.11 bits per heavy atom. The highest BCUT2D eigenvalue weighted by Crippen LogP contribution is 2.31. The number of rotatable bonds is 5. The average Bonchev–Trinajstić information content (AvgIpc) is 3.15. The van der Waals surface area contributed by atoms with Crippen molar-refractivity contribution < 1.29 is 18.8 Å². The van der Waals surface area contributed by atoms with Crippen LogP contribution in [0.25, 0.3) is 6.08 Å². The van der Waals surface area contributed by atoms with E-state index in [0.29, 0.717) is 29.4 Å². The van der Waals surface area contributed by atoms with Crippen molar-refractivity contribution in [3.05, 3.63) is 70.5 Å². The Kier molecular flexibility index (Phi) is 7.43. The molecule has 0 aliphatic carbocycles. The number of hydrogen-bond donors (Lipinski definition) is 2. The van der Waals surface area contributed by atoms with Crippen LogP contribution in [-0.2, 0) is 16.1 Å². The highest BCUT2D eigenvalue weighted by Gasteiger charge is 2.41. The molecule has 0 spiro atoms. The molecule has 2 atom stereocenters. The summed E-state index contributed by atoms with van der Waals surface area (Å²) in [7, 11) is 0. The minimum atomic E-state index is -0.395. The van der Waals surface area contributed by atoms with Gasteiger partial charge in [-0.3, -0.25) is 14.5 Å². The second-order valence-electron chi connectivity index (χ2n) is 9.72. The Labute approximate surface area is 220 Å². The first-order valence-electron chi connectivity index (χ1n) is 12.4. The van der Waals surface area contributed by atoms with Gasteiger partial charge < -0.3 is 20.4 Å². The SMILES string of the molecule is O=C1CN(C(=O)Nc2cc(Cl)ccc2C=CC(=O)N2C3CCC2CN(Cc2ccc(F)cc2)C3)CCN1. The van der Waals surface area contributed by atoms with Crippen molar-refractivity contribution in [3.8, 4) is 0 Å². The summed E-state index contributed by atoms with van der Waals surface area (Å²) in [5.41, 5.74) is 2.18. The fourth-order valence-electron chi connectivity index (χ4n) is 5.36. The minimum absolute atomic E-state index is 0.00796. The number of piperazine rings is 2. The normalized spacial score (nSPS) is 21.8. The second kappa shape index (κ2) is 10.9. The van der Waals surface area contributed by atoms with Crippen molar-refractivity contribution in [1.82, 2.24) is 20.0 Å². The lowest BCUT2D eigenvalue weighted by molar-refractivity contribution is -0.131. The lowest BCUT2D eigenvalue weighted by Crippen LogP contribution is -2.55. The third-order valence-corrected chi connectivity index (χ3v) is 7.35. The number of carbonyl (C=O) groups excluding carboxylic acids is 3. The maximum Gasteiger partial charge on any atom is 0.322 e. The molecular weight excluding hydrogens is 497 g/mol. The van der Waals surface area contributed by atoms with Gasteiger partial charge in [0.15, 0.2) is 0 Å². The third kappa shape index (κ3) is 5.94. The summed E-state index contributed by atoms with van der Waals surface area (Å²) in [5, 5.41) is 5.97. The van der Waals surface area contributed by atoms with Crippen LogP contribution < -0.4 is 10.6 Å². The molecule has 0 radical (unpaired) electrons. The van der Waals surface area contributed by atoms with Gasteiger partial charge in [-0.05, 0) is 54.3 Å². The van der Waals surface area contributed by atoms with Crippen molar-refractivity contribution >= 4 is 41.2 Å². The van der Waals surface area contributed by atoms with Gasteiger partial charge in [0.1, 0.15) is 12.4 Å². The topological polar surface area (TPSA) is 85.0 Å². The van der Waals surface area contributed by atoms with E-state index in [0.717, 1.165) is 38.0 Å². The molecule has 194 valence electrons. The van der Waals surface area contributed by atoms with E-state index in [-0.39, 0.29) is 36.3 Å². The molecule has 4 amide bonds. The Morgan fingerprint density at radius 2 is 1.84 bits per heavy atom. The first kappa shape index (κ1) is 25.2. The molecule has 3 fully saturated rings. The summed E-state index contributed by atoms with van der Waals surface area (Å²) in [6.07, 6.45) is 5.15. The van der Waals surface area contributed by atoms with Gasteiger partial charge in [0.05, 0.1) is 5.69 Å². The van der Waals surface area contributed by atoms with E-state index >= 15 is 0 Å². The van der Waals surface area contributed by atoms with Crippen LogP contribution >= 0.6 is 11.6 Å². The van der Waals surface area contributed by atoms with E-state index in [2.05, 4.69) is 15.5 Å². The first-order chi connectivity index (χ1) is 17.9. The predicted octanol–water partition coefficient (Wildman–Crippen LogP) is 3.33. The molecule has 8 nitrogen and oxygen atoms in total. The largest absolute Gasteiger partial charge is 0.353 e. The van der Waals surface area contributed by atoms with Crippen molar-refractivity contribution in [1.29, 1.82) is 0 Å². The third-order valence-electron chi connectivity index (χ3n) is 7.12. The van der Waals surface area contributed by atoms with Gasteiger partial charge in [0, 0.05) is 55.9 Å². The smallest absolute Gasteiger partial charge is 0.322 e. The number of amides is 4. The van der Waals surface area contributed by atoms with Crippen molar-refractivity contribution in [2.24, 2.45) is 0 Å². The number of anilines is 1. The van der Waals surface area contributed by atoms with Gasteiger partial charge >= 0.3 is 6.03 Å². The Bertz CT molecular complexity index is 1210. The quantitative estimate of drug-likeness (QED) is 0.586. The van der Waals surface area contributed by atoms with Gasteiger partial charge in [-0.2, -0.15) is 0 Å². The number of likely N-dealkylation sites (tertiary alicyclic amines) is 1. The van der Waals surface area contributed by atoms with Gasteiger partial charge in [0.2, 0.25) is 11.8 Å². The summed E-state index contributed by atoms with van der Waals surface area (Å²) < 4.78 is 13.2. The van der Waals surface area contributed by atoms with E-state index in [1.54, 1.807) is 42.5 Å². The molecule has 2 N–H and O–H groups in total. The van der Waals surface area contributed by atoms with Crippen LogP contribution in [0.2, 0.25) is 5.02 Å². The molecule has 2 aromatic carbocycles. The number of fused-ring (bicyclic) bond motifs is 2. The zero-order chi connectivity index (χ0) is 25.9. The van der Waals surface area contributed by atoms with Crippen molar-refractivity contribution in [2.45, 2.75) is 31.5 Å². The van der Waals surface area contributed by atoms with E-state index in [4.69, 9.17) is 11.6 Å². The molecule has 10 heteroatoms. The summed E-state index contributed by atoms with van der Waals surface area (Å²) in [6.45, 7) is 3.10. The number of halogens is 2. The van der Waals surface area contributed by atoms with E-state index in [1.807, 2.05) is 4.90 Å². The van der Waals surface area contributed by atoms with Crippen LogP contribution in [-0.4, -0.2) is 77.4 Å². The van der Waals surface area contributed by atoms with Crippen LogP contribution in [0.5, 0.6) is 0 Å². The fraction of sp³-hybridized carbons (Fsp3) is 0.370. The zero-order valence-corrected chi connectivity index (χ0v) is 21.1. The average molecular weight is 526 g/mol. The molecule has 2 aromatic rings. The molecule has 5 rings (SSSR count). The lowest BCUT2D eigenvalue weighted by atomic mass is 10.1. The number of urea groups is 1. The molecule has 37 heavy (non-hydrogen) atoms. The van der Waals surface area contributed by atoms with E-state index in [9.17, 15) is 18.8 Å². The van der Waals surface area contributed by atoms with Crippen LogP contribution in [0, 0.1) is 5.82 Å². The Morgan fingerprint density at radius 3 is 2.54 bits per heavy atom. The van der Waals surface area contributed by atoms with Crippen molar-refractivity contribution in [2.75, 3.05) is 38.0 Å². The number of carbonyl (C=O) groups is 3. The molecule has 3 saturated heterocycles. The highest BCUT2D eigenvalue weighted by molar-refractivity contribution is 6.31. The number of benzene rings is 2. The standard InChI is InChI=1S/C27H29ClFN5O3/c28-20-5-3-19(24(13-20)31-27(37)33-12-11-30-25(35)17-33)4-10-26(36)34-22-8-9-23(34)16-32(15-22)14-18-1-6-21(29)7-2-18/h1-7,10,13,22-23H,8-9,11-12,14-17H2,(H,30,35)(H,31,37). The first-order valence-corrected chi connectivity index (χ1v) is 12.8. The fourth-order valence-corrected chi connectivity index (χ4v) is 5.53. The van der Waals surface area contributed by atoms with Crippen molar-refractivity contribution in [3.63, 3.8) is 0 Å². The summed E-state index contributed by atoms with van der Waals surface area (Å²) in [4.78, 5) is 43.3. The van der Waals surface area contributed by atoms with E-state index < -0.39 is 6.03 Å². The molecule has 0 saturated carbocycles. The summed E-state index contributed by atoms with van der Waals surface area (Å²) >= 11 is 6.17. The molecule has 0 aromatic heterocycles. The summed E-state index contributed by atoms with van der Waals surface area (Å²) in [6, 6.07) is 11.5. The molecular formula is C27H29ClFN5O3. The zero-order valence-electron chi connectivity index (χ0n) is 20.3. The maximum absolute atomic E-state index is 13.2. The van der Waals surface area contributed by atoms with Gasteiger partial charge in [0.25, 0.3) is 0 Å². The maximum atomic E-state index is 13.2. The molecule has 3 aliphatic heterocycles. The Balaban J connectivity index is 1.23. The number of nitrogens with zero attached hydrogens (tertiary/aromatic N) is 3. The van der Waals surface area contributed by atoms with Crippen LogP contribution in [0.4, 0.5) is 14.9 Å². The Hall–Kier alpha value is -3.43. The molecule has 3 aliphatic rings. The minimum Gasteiger partial charge on any atom is -0.353 e. The second-order valence-corrected chi connectivity index (χ2v) is 10.2. The van der Waals surface area contributed by atoms with Gasteiger partial charge in [-0.1, -0.05) is 29.8 Å². The predicted molar refractivity (Wildman–Crippen MR) is 139 cm³/mol. The highest BCUT2D eigenvalue weighted by atomic mass is 35.5. The van der Waals surface area contributed by atoms with Crippen LogP contribution in [0.3, 0.4) is 0 Å². The van der Waals surface area contributed by atoms with Crippen LogP contribution in [0.1, 0.15) is 24.0 Å².